The number of anilines is 1. The van der Waals surface area contributed by atoms with Crippen LogP contribution in [0.1, 0.15) is 31.9 Å². The highest BCUT2D eigenvalue weighted by Crippen LogP contribution is 2.13. The van der Waals surface area contributed by atoms with Gasteiger partial charge in [-0.2, -0.15) is 5.10 Å². The molecule has 0 atom stereocenters. The number of hydrogen-bond acceptors (Lipinski definition) is 4. The highest BCUT2D eigenvalue weighted by molar-refractivity contribution is 5.84. The Balaban J connectivity index is 1.72. The van der Waals surface area contributed by atoms with Crippen molar-refractivity contribution < 1.29 is 9.53 Å². The molecule has 1 aromatic carbocycles. The summed E-state index contributed by atoms with van der Waals surface area (Å²) in [5.74, 6) is 0. The monoisotopic (exact) mass is 330 g/mol. The lowest BCUT2D eigenvalue weighted by Gasteiger charge is -2.19. The Bertz CT molecular complexity index is 656. The Kier molecular flexibility index (Phi) is 5.98. The number of benzene rings is 1. The molecule has 2 rings (SSSR count). The van der Waals surface area contributed by atoms with Crippen molar-refractivity contribution in [1.82, 2.24) is 15.1 Å². The van der Waals surface area contributed by atoms with Crippen molar-refractivity contribution in [2.75, 3.05) is 11.9 Å². The number of carbonyl (C=O) groups excluding carboxylic acids is 1. The molecule has 2 N–H and O–H groups in total. The Morgan fingerprint density at radius 3 is 2.50 bits per heavy atom. The van der Waals surface area contributed by atoms with Crippen molar-refractivity contribution in [1.29, 1.82) is 0 Å². The number of carbonyl (C=O) groups is 1. The van der Waals surface area contributed by atoms with Crippen LogP contribution in [0.25, 0.3) is 0 Å². The molecule has 0 radical (unpaired) electrons. The minimum absolute atomic E-state index is 0.437. The smallest absolute Gasteiger partial charge is 0.412 e. The first-order chi connectivity index (χ1) is 11.3. The number of hydrogen-bond donors (Lipinski definition) is 2. The zero-order valence-corrected chi connectivity index (χ0v) is 14.8. The van der Waals surface area contributed by atoms with Crippen molar-refractivity contribution in [2.24, 2.45) is 7.05 Å². The number of rotatable bonds is 6. The van der Waals surface area contributed by atoms with Crippen LogP contribution in [-0.4, -0.2) is 28.0 Å². The Labute approximate surface area is 143 Å². The van der Waals surface area contributed by atoms with Gasteiger partial charge in [-0.15, -0.1) is 0 Å². The maximum Gasteiger partial charge on any atom is 0.412 e. The van der Waals surface area contributed by atoms with Gasteiger partial charge in [-0.05, 0) is 51.4 Å². The molecule has 1 amide bonds. The first kappa shape index (κ1) is 18.0. The van der Waals surface area contributed by atoms with E-state index in [-0.39, 0.29) is 0 Å². The first-order valence-corrected chi connectivity index (χ1v) is 8.09. The Hall–Kier alpha value is -2.34. The molecule has 1 aromatic heterocycles. The van der Waals surface area contributed by atoms with Gasteiger partial charge in [-0.3, -0.25) is 10.00 Å². The third-order valence-electron chi connectivity index (χ3n) is 3.28. The molecule has 2 aromatic rings. The van der Waals surface area contributed by atoms with E-state index in [0.29, 0.717) is 0 Å². The quantitative estimate of drug-likeness (QED) is 0.799. The molecule has 0 fully saturated rings. The summed E-state index contributed by atoms with van der Waals surface area (Å²) in [6.45, 7) is 7.22. The van der Waals surface area contributed by atoms with Crippen LogP contribution in [0, 0.1) is 0 Å². The fraction of sp³-hybridized carbons (Fsp3) is 0.444. The minimum Gasteiger partial charge on any atom is -0.444 e. The number of aromatic nitrogens is 2. The van der Waals surface area contributed by atoms with Crippen LogP contribution in [0.2, 0.25) is 0 Å². The molecule has 6 heteroatoms. The van der Waals surface area contributed by atoms with E-state index in [1.165, 1.54) is 11.1 Å². The van der Waals surface area contributed by atoms with Gasteiger partial charge in [0.1, 0.15) is 5.60 Å². The molecular weight excluding hydrogens is 304 g/mol. The maximum absolute atomic E-state index is 11.7. The van der Waals surface area contributed by atoms with E-state index in [4.69, 9.17) is 4.74 Å². The summed E-state index contributed by atoms with van der Waals surface area (Å²) in [6, 6.07) is 7.80. The third kappa shape index (κ3) is 6.42. The summed E-state index contributed by atoms with van der Waals surface area (Å²) in [4.78, 5) is 11.7. The Morgan fingerprint density at radius 2 is 1.92 bits per heavy atom. The highest BCUT2D eigenvalue weighted by Gasteiger charge is 2.15. The lowest BCUT2D eigenvalue weighted by atomic mass is 10.1. The predicted molar refractivity (Wildman–Crippen MR) is 94.9 cm³/mol. The molecule has 0 saturated heterocycles. The van der Waals surface area contributed by atoms with E-state index in [9.17, 15) is 4.79 Å². The fourth-order valence-electron chi connectivity index (χ4n) is 2.20. The van der Waals surface area contributed by atoms with E-state index in [1.807, 2.05) is 64.5 Å². The second-order valence-electron chi connectivity index (χ2n) is 6.77. The summed E-state index contributed by atoms with van der Waals surface area (Å²) in [6.07, 6.45) is 4.36. The average Bonchev–Trinajstić information content (AvgIpc) is 2.89. The van der Waals surface area contributed by atoms with E-state index >= 15 is 0 Å². The Morgan fingerprint density at radius 1 is 1.21 bits per heavy atom. The molecule has 0 aliphatic rings. The number of aryl methyl sites for hydroxylation is 1. The van der Waals surface area contributed by atoms with E-state index < -0.39 is 11.7 Å². The first-order valence-electron chi connectivity index (χ1n) is 8.09. The molecule has 130 valence electrons. The zero-order valence-electron chi connectivity index (χ0n) is 14.8. The second kappa shape index (κ2) is 7.97. The number of nitrogens with zero attached hydrogens (tertiary/aromatic N) is 2. The van der Waals surface area contributed by atoms with Crippen LogP contribution in [0.15, 0.2) is 36.7 Å². The topological polar surface area (TPSA) is 68.2 Å². The van der Waals surface area contributed by atoms with Gasteiger partial charge < -0.3 is 10.1 Å². The van der Waals surface area contributed by atoms with Crippen LogP contribution in [0.4, 0.5) is 10.5 Å². The van der Waals surface area contributed by atoms with Crippen molar-refractivity contribution in [3.63, 3.8) is 0 Å². The van der Waals surface area contributed by atoms with Gasteiger partial charge in [-0.1, -0.05) is 12.1 Å². The lowest BCUT2D eigenvalue weighted by molar-refractivity contribution is 0.0636. The van der Waals surface area contributed by atoms with Crippen molar-refractivity contribution >= 4 is 11.8 Å². The van der Waals surface area contributed by atoms with Gasteiger partial charge in [0.25, 0.3) is 0 Å². The van der Waals surface area contributed by atoms with E-state index in [1.54, 1.807) is 4.68 Å². The molecule has 0 aliphatic carbocycles. The van der Waals surface area contributed by atoms with Crippen LogP contribution in [0.5, 0.6) is 0 Å². The number of ether oxygens (including phenoxy) is 1. The lowest BCUT2D eigenvalue weighted by Crippen LogP contribution is -2.27. The van der Waals surface area contributed by atoms with Gasteiger partial charge >= 0.3 is 6.09 Å². The SMILES string of the molecule is Cn1cc(CNCCc2ccc(NC(=O)OC(C)(C)C)cc2)cn1. The second-order valence-corrected chi connectivity index (χ2v) is 6.77. The van der Waals surface area contributed by atoms with Gasteiger partial charge in [0.2, 0.25) is 0 Å². The van der Waals surface area contributed by atoms with Gasteiger partial charge in [-0.25, -0.2) is 4.79 Å². The fourth-order valence-corrected chi connectivity index (χ4v) is 2.20. The predicted octanol–water partition coefficient (Wildman–Crippen LogP) is 3.10. The molecule has 0 unspecified atom stereocenters. The largest absolute Gasteiger partial charge is 0.444 e. The van der Waals surface area contributed by atoms with Crippen LogP contribution in [0.3, 0.4) is 0 Å². The van der Waals surface area contributed by atoms with Crippen LogP contribution < -0.4 is 10.6 Å². The van der Waals surface area contributed by atoms with Gasteiger partial charge in [0.05, 0.1) is 6.20 Å². The molecule has 6 nitrogen and oxygen atoms in total. The van der Waals surface area contributed by atoms with Crippen molar-refractivity contribution in [3.05, 3.63) is 47.8 Å². The molecule has 0 saturated carbocycles. The standard InChI is InChI=1S/C18H26N4O2/c1-18(2,3)24-17(23)21-16-7-5-14(6-8-16)9-10-19-11-15-12-20-22(4)13-15/h5-8,12-13,19H,9-11H2,1-4H3,(H,21,23). The normalized spacial score (nSPS) is 11.3. The number of amides is 1. The molecule has 0 bridgehead atoms. The van der Waals surface area contributed by atoms with Crippen LogP contribution >= 0.6 is 0 Å². The minimum atomic E-state index is -0.496. The van der Waals surface area contributed by atoms with Crippen LogP contribution in [-0.2, 0) is 24.8 Å². The van der Waals surface area contributed by atoms with Gasteiger partial charge in [0.15, 0.2) is 0 Å². The average molecular weight is 330 g/mol. The summed E-state index contributed by atoms with van der Waals surface area (Å²) >= 11 is 0. The molecular formula is C18H26N4O2. The third-order valence-corrected chi connectivity index (χ3v) is 3.28. The maximum atomic E-state index is 11.7. The molecule has 1 heterocycles. The van der Waals surface area contributed by atoms with Crippen molar-refractivity contribution in [3.8, 4) is 0 Å². The molecule has 24 heavy (non-hydrogen) atoms. The van der Waals surface area contributed by atoms with E-state index in [0.717, 1.165) is 25.2 Å². The molecule has 0 spiro atoms. The summed E-state index contributed by atoms with van der Waals surface area (Å²) in [5.41, 5.74) is 2.62. The van der Waals surface area contributed by atoms with Gasteiger partial charge in [0, 0.05) is 31.0 Å². The summed E-state index contributed by atoms with van der Waals surface area (Å²) in [7, 11) is 1.91. The summed E-state index contributed by atoms with van der Waals surface area (Å²) < 4.78 is 7.03. The highest BCUT2D eigenvalue weighted by atomic mass is 16.6. The van der Waals surface area contributed by atoms with Crippen molar-refractivity contribution in [2.45, 2.75) is 39.3 Å². The summed E-state index contributed by atoms with van der Waals surface area (Å²) in [5, 5.41) is 10.3. The van der Waals surface area contributed by atoms with E-state index in [2.05, 4.69) is 15.7 Å². The zero-order chi connectivity index (χ0) is 17.6. The number of nitrogens with one attached hydrogen (secondary N) is 2. The molecule has 0 aliphatic heterocycles.